The summed E-state index contributed by atoms with van der Waals surface area (Å²) in [6.45, 7) is 8.82. The van der Waals surface area contributed by atoms with Crippen LogP contribution in [-0.4, -0.2) is 11.0 Å². The highest BCUT2D eigenvalue weighted by atomic mass is 79.9. The van der Waals surface area contributed by atoms with Gasteiger partial charge in [0.2, 0.25) is 0 Å². The zero-order valence-electron chi connectivity index (χ0n) is 10.5. The second kappa shape index (κ2) is 6.24. The standard InChI is InChI=1S/C13H21BrN2/c1-5-9(2)6-11(4)16-13-7-10(3)12(14)8-15-13/h7-9,11H,5-6H2,1-4H3,(H,15,16). The normalized spacial score (nSPS) is 14.6. The van der Waals surface area contributed by atoms with Crippen LogP contribution in [0.3, 0.4) is 0 Å². The minimum absolute atomic E-state index is 0.475. The maximum Gasteiger partial charge on any atom is 0.126 e. The first-order chi connectivity index (χ1) is 7.52. The first-order valence-electron chi connectivity index (χ1n) is 5.91. The van der Waals surface area contributed by atoms with Crippen LogP contribution in [0.1, 0.15) is 39.2 Å². The quantitative estimate of drug-likeness (QED) is 0.868. The summed E-state index contributed by atoms with van der Waals surface area (Å²) < 4.78 is 1.06. The predicted octanol–water partition coefficient (Wildman–Crippen LogP) is 4.39. The van der Waals surface area contributed by atoms with E-state index in [1.165, 1.54) is 18.4 Å². The number of nitrogens with one attached hydrogen (secondary N) is 1. The number of hydrogen-bond acceptors (Lipinski definition) is 2. The number of pyridine rings is 1. The maximum atomic E-state index is 4.35. The van der Waals surface area contributed by atoms with Crippen molar-refractivity contribution in [2.24, 2.45) is 5.92 Å². The lowest BCUT2D eigenvalue weighted by Gasteiger charge is -2.18. The van der Waals surface area contributed by atoms with E-state index in [4.69, 9.17) is 0 Å². The third-order valence-corrected chi connectivity index (χ3v) is 3.72. The first-order valence-corrected chi connectivity index (χ1v) is 6.71. The summed E-state index contributed by atoms with van der Waals surface area (Å²) in [5.74, 6) is 1.73. The van der Waals surface area contributed by atoms with Crippen molar-refractivity contribution in [2.45, 2.75) is 46.6 Å². The van der Waals surface area contributed by atoms with Gasteiger partial charge in [0.1, 0.15) is 5.82 Å². The molecular weight excluding hydrogens is 264 g/mol. The molecule has 90 valence electrons. The molecule has 0 bridgehead atoms. The van der Waals surface area contributed by atoms with E-state index in [-0.39, 0.29) is 0 Å². The Labute approximate surface area is 107 Å². The molecule has 0 saturated carbocycles. The number of nitrogens with zero attached hydrogens (tertiary/aromatic N) is 1. The fourth-order valence-electron chi connectivity index (χ4n) is 1.70. The van der Waals surface area contributed by atoms with Crippen LogP contribution in [-0.2, 0) is 0 Å². The Balaban J connectivity index is 2.56. The zero-order valence-corrected chi connectivity index (χ0v) is 12.1. The van der Waals surface area contributed by atoms with Crippen LogP contribution in [0.2, 0.25) is 0 Å². The number of anilines is 1. The van der Waals surface area contributed by atoms with E-state index in [1.807, 2.05) is 6.20 Å². The minimum atomic E-state index is 0.475. The third-order valence-electron chi connectivity index (χ3n) is 2.89. The lowest BCUT2D eigenvalue weighted by molar-refractivity contribution is 0.483. The highest BCUT2D eigenvalue weighted by molar-refractivity contribution is 9.10. The second-order valence-corrected chi connectivity index (χ2v) is 5.47. The van der Waals surface area contributed by atoms with E-state index >= 15 is 0 Å². The number of hydrogen-bond donors (Lipinski definition) is 1. The van der Waals surface area contributed by atoms with Crippen LogP contribution < -0.4 is 5.32 Å². The van der Waals surface area contributed by atoms with Gasteiger partial charge in [-0.2, -0.15) is 0 Å². The van der Waals surface area contributed by atoms with Gasteiger partial charge in [0.25, 0.3) is 0 Å². The van der Waals surface area contributed by atoms with Crippen LogP contribution in [0.5, 0.6) is 0 Å². The Hall–Kier alpha value is -0.570. The Bertz CT molecular complexity index is 339. The van der Waals surface area contributed by atoms with Crippen LogP contribution in [0.15, 0.2) is 16.7 Å². The SMILES string of the molecule is CCC(C)CC(C)Nc1cc(C)c(Br)cn1. The second-order valence-electron chi connectivity index (χ2n) is 4.61. The highest BCUT2D eigenvalue weighted by Gasteiger charge is 2.08. The molecule has 1 rings (SSSR count). The van der Waals surface area contributed by atoms with Gasteiger partial charge >= 0.3 is 0 Å². The molecule has 1 aromatic rings. The molecule has 1 aromatic heterocycles. The lowest BCUT2D eigenvalue weighted by atomic mass is 10.0. The largest absolute Gasteiger partial charge is 0.368 e. The van der Waals surface area contributed by atoms with E-state index in [2.05, 4.69) is 60.0 Å². The molecule has 0 fully saturated rings. The molecule has 1 heterocycles. The molecule has 0 aliphatic heterocycles. The van der Waals surface area contributed by atoms with Crippen molar-refractivity contribution >= 4 is 21.7 Å². The average molecular weight is 285 g/mol. The average Bonchev–Trinajstić information content (AvgIpc) is 2.23. The molecule has 16 heavy (non-hydrogen) atoms. The van der Waals surface area contributed by atoms with Crippen molar-refractivity contribution in [3.63, 3.8) is 0 Å². The smallest absolute Gasteiger partial charge is 0.126 e. The lowest BCUT2D eigenvalue weighted by Crippen LogP contribution is -2.18. The molecule has 0 amide bonds. The third kappa shape index (κ3) is 4.12. The molecule has 1 N–H and O–H groups in total. The molecule has 2 unspecified atom stereocenters. The molecule has 0 aliphatic carbocycles. The first kappa shape index (κ1) is 13.5. The molecule has 2 nitrogen and oxygen atoms in total. The Morgan fingerprint density at radius 1 is 1.44 bits per heavy atom. The Morgan fingerprint density at radius 2 is 2.12 bits per heavy atom. The van der Waals surface area contributed by atoms with Gasteiger partial charge in [-0.25, -0.2) is 4.98 Å². The van der Waals surface area contributed by atoms with Crippen LogP contribution in [0.4, 0.5) is 5.82 Å². The van der Waals surface area contributed by atoms with E-state index in [1.54, 1.807) is 0 Å². The molecule has 0 aliphatic rings. The molecule has 0 saturated heterocycles. The van der Waals surface area contributed by atoms with Crippen molar-refractivity contribution in [1.82, 2.24) is 4.98 Å². The van der Waals surface area contributed by atoms with Crippen molar-refractivity contribution < 1.29 is 0 Å². The summed E-state index contributed by atoms with van der Waals surface area (Å²) in [7, 11) is 0. The highest BCUT2D eigenvalue weighted by Crippen LogP contribution is 2.19. The Kier molecular flexibility index (Phi) is 5.26. The van der Waals surface area contributed by atoms with Gasteiger partial charge in [0.05, 0.1) is 0 Å². The maximum absolute atomic E-state index is 4.35. The van der Waals surface area contributed by atoms with Gasteiger partial charge in [-0.1, -0.05) is 20.3 Å². The summed E-state index contributed by atoms with van der Waals surface area (Å²) in [4.78, 5) is 4.35. The van der Waals surface area contributed by atoms with Gasteiger partial charge < -0.3 is 5.32 Å². The fourth-order valence-corrected chi connectivity index (χ4v) is 1.92. The van der Waals surface area contributed by atoms with E-state index in [0.29, 0.717) is 6.04 Å². The number of aromatic nitrogens is 1. The number of halogens is 1. The fraction of sp³-hybridized carbons (Fsp3) is 0.615. The van der Waals surface area contributed by atoms with Crippen LogP contribution in [0.25, 0.3) is 0 Å². The van der Waals surface area contributed by atoms with Crippen molar-refractivity contribution in [2.75, 3.05) is 5.32 Å². The monoisotopic (exact) mass is 284 g/mol. The summed E-state index contributed by atoms with van der Waals surface area (Å²) in [5, 5.41) is 3.44. The van der Waals surface area contributed by atoms with Crippen molar-refractivity contribution in [3.05, 3.63) is 22.3 Å². The predicted molar refractivity (Wildman–Crippen MR) is 73.8 cm³/mol. The van der Waals surface area contributed by atoms with Gasteiger partial charge in [0, 0.05) is 16.7 Å². The van der Waals surface area contributed by atoms with Gasteiger partial charge in [-0.05, 0) is 53.7 Å². The summed E-state index contributed by atoms with van der Waals surface area (Å²) >= 11 is 3.46. The molecule has 0 aromatic carbocycles. The van der Waals surface area contributed by atoms with E-state index in [0.717, 1.165) is 16.2 Å². The van der Waals surface area contributed by atoms with Crippen molar-refractivity contribution in [3.8, 4) is 0 Å². The van der Waals surface area contributed by atoms with Crippen LogP contribution in [0, 0.1) is 12.8 Å². The Morgan fingerprint density at radius 3 is 2.69 bits per heavy atom. The molecular formula is C13H21BrN2. The summed E-state index contributed by atoms with van der Waals surface area (Å²) in [5.41, 5.74) is 1.22. The van der Waals surface area contributed by atoms with Gasteiger partial charge in [-0.15, -0.1) is 0 Å². The number of aryl methyl sites for hydroxylation is 1. The minimum Gasteiger partial charge on any atom is -0.368 e. The van der Waals surface area contributed by atoms with Crippen LogP contribution >= 0.6 is 15.9 Å². The van der Waals surface area contributed by atoms with Gasteiger partial charge in [-0.3, -0.25) is 0 Å². The summed E-state index contributed by atoms with van der Waals surface area (Å²) in [6.07, 6.45) is 4.28. The van der Waals surface area contributed by atoms with Gasteiger partial charge in [0.15, 0.2) is 0 Å². The van der Waals surface area contributed by atoms with Crippen molar-refractivity contribution in [1.29, 1.82) is 0 Å². The topological polar surface area (TPSA) is 24.9 Å². The molecule has 2 atom stereocenters. The molecule has 0 spiro atoms. The van der Waals surface area contributed by atoms with E-state index in [9.17, 15) is 0 Å². The summed E-state index contributed by atoms with van der Waals surface area (Å²) in [6, 6.07) is 2.56. The molecule has 0 radical (unpaired) electrons. The molecule has 3 heteroatoms. The van der Waals surface area contributed by atoms with E-state index < -0.39 is 0 Å². The number of rotatable bonds is 5. The zero-order chi connectivity index (χ0) is 12.1.